The van der Waals surface area contributed by atoms with Gasteiger partial charge < -0.3 is 9.67 Å². The summed E-state index contributed by atoms with van der Waals surface area (Å²) >= 11 is 1.21. The van der Waals surface area contributed by atoms with Gasteiger partial charge in [0.15, 0.2) is 0 Å². The predicted octanol–water partition coefficient (Wildman–Crippen LogP) is 2.53. The lowest BCUT2D eigenvalue weighted by Crippen LogP contribution is -2.23. The van der Waals surface area contributed by atoms with Crippen molar-refractivity contribution in [1.29, 1.82) is 0 Å². The summed E-state index contributed by atoms with van der Waals surface area (Å²) in [6, 6.07) is 7.88. The molecule has 0 saturated heterocycles. The number of carboxylic acids is 1. The van der Waals surface area contributed by atoms with Crippen LogP contribution < -0.4 is 4.80 Å². The Balaban J connectivity index is 2.71. The summed E-state index contributed by atoms with van der Waals surface area (Å²) in [7, 11) is -3.90. The van der Waals surface area contributed by atoms with Crippen LogP contribution in [0.25, 0.3) is 0 Å². The minimum Gasteiger partial charge on any atom is -0.480 e. The second kappa shape index (κ2) is 6.52. The molecule has 2 aromatic rings. The fourth-order valence-electron chi connectivity index (χ4n) is 2.32. The quantitative estimate of drug-likeness (QED) is 0.898. The van der Waals surface area contributed by atoms with Gasteiger partial charge in [0.25, 0.3) is 10.0 Å². The monoisotopic (exact) mass is 368 g/mol. The standard InChI is InChI=1S/C16H20N2O4S2/c1-11-14(16(2,3)4)23-15(18(11)10-13(19)20)17-24(21,22)12-8-6-5-7-9-12/h5-9H,10H2,1-4H3,(H,19,20). The molecule has 0 amide bonds. The SMILES string of the molecule is Cc1c(C(C)(C)C)sc(=NS(=O)(=O)c2ccccc2)n1CC(=O)O. The van der Waals surface area contributed by atoms with Crippen LogP contribution in [0.2, 0.25) is 0 Å². The van der Waals surface area contributed by atoms with E-state index in [1.807, 2.05) is 20.8 Å². The Hall–Kier alpha value is -1.93. The van der Waals surface area contributed by atoms with Gasteiger partial charge in [0.2, 0.25) is 4.80 Å². The molecule has 130 valence electrons. The Labute approximate surface area is 145 Å². The third-order valence-corrected chi connectivity index (χ3v) is 6.37. The number of hydrogen-bond acceptors (Lipinski definition) is 4. The maximum absolute atomic E-state index is 12.5. The first-order valence-electron chi connectivity index (χ1n) is 7.31. The molecular weight excluding hydrogens is 348 g/mol. The number of sulfonamides is 1. The number of hydrogen-bond donors (Lipinski definition) is 1. The molecule has 0 aliphatic rings. The molecule has 6 nitrogen and oxygen atoms in total. The number of aliphatic carboxylic acids is 1. The average Bonchev–Trinajstić information content (AvgIpc) is 2.76. The maximum atomic E-state index is 12.5. The van der Waals surface area contributed by atoms with Gasteiger partial charge in [-0.2, -0.15) is 8.42 Å². The highest BCUT2D eigenvalue weighted by atomic mass is 32.2. The van der Waals surface area contributed by atoms with E-state index in [9.17, 15) is 13.2 Å². The van der Waals surface area contributed by atoms with Gasteiger partial charge >= 0.3 is 5.97 Å². The fraction of sp³-hybridized carbons (Fsp3) is 0.375. The molecule has 0 unspecified atom stereocenters. The number of benzene rings is 1. The lowest BCUT2D eigenvalue weighted by Gasteiger charge is -2.17. The third kappa shape index (κ3) is 3.93. The third-order valence-electron chi connectivity index (χ3n) is 3.37. The van der Waals surface area contributed by atoms with Crippen LogP contribution in [0.5, 0.6) is 0 Å². The van der Waals surface area contributed by atoms with Crippen molar-refractivity contribution in [2.75, 3.05) is 0 Å². The van der Waals surface area contributed by atoms with Crippen LogP contribution in [0.3, 0.4) is 0 Å². The van der Waals surface area contributed by atoms with E-state index in [-0.39, 0.29) is 21.7 Å². The van der Waals surface area contributed by atoms with E-state index in [0.717, 1.165) is 10.6 Å². The van der Waals surface area contributed by atoms with E-state index in [0.29, 0.717) is 0 Å². The fourth-order valence-corrected chi connectivity index (χ4v) is 4.73. The van der Waals surface area contributed by atoms with Gasteiger partial charge in [-0.3, -0.25) is 4.79 Å². The largest absolute Gasteiger partial charge is 0.480 e. The summed E-state index contributed by atoms with van der Waals surface area (Å²) in [4.78, 5) is 12.3. The highest BCUT2D eigenvalue weighted by Crippen LogP contribution is 2.28. The van der Waals surface area contributed by atoms with Gasteiger partial charge in [-0.25, -0.2) is 0 Å². The summed E-state index contributed by atoms with van der Waals surface area (Å²) in [6.07, 6.45) is 0. The smallest absolute Gasteiger partial charge is 0.323 e. The molecule has 1 heterocycles. The highest BCUT2D eigenvalue weighted by Gasteiger charge is 2.24. The van der Waals surface area contributed by atoms with Gasteiger partial charge in [0, 0.05) is 10.6 Å². The summed E-state index contributed by atoms with van der Waals surface area (Å²) in [5, 5.41) is 9.14. The van der Waals surface area contributed by atoms with Crippen LogP contribution in [0.4, 0.5) is 0 Å². The molecule has 0 bridgehead atoms. The molecule has 0 saturated carbocycles. The van der Waals surface area contributed by atoms with Gasteiger partial charge in [0.05, 0.1) is 4.90 Å². The minimum atomic E-state index is -3.90. The molecule has 1 N–H and O–H groups in total. The van der Waals surface area contributed by atoms with Crippen LogP contribution in [0.1, 0.15) is 31.3 Å². The average molecular weight is 368 g/mol. The second-order valence-electron chi connectivity index (χ2n) is 6.41. The summed E-state index contributed by atoms with van der Waals surface area (Å²) in [5.41, 5.74) is 0.483. The Kier molecular flexibility index (Phi) is 5.00. The molecule has 0 aliphatic heterocycles. The molecule has 0 spiro atoms. The molecule has 24 heavy (non-hydrogen) atoms. The van der Waals surface area contributed by atoms with Crippen LogP contribution in [-0.2, 0) is 26.8 Å². The number of aromatic nitrogens is 1. The molecule has 1 aromatic carbocycles. The Morgan fingerprint density at radius 3 is 2.33 bits per heavy atom. The first-order chi connectivity index (χ1) is 11.0. The van der Waals surface area contributed by atoms with Gasteiger partial charge in [-0.05, 0) is 24.5 Å². The highest BCUT2D eigenvalue weighted by molar-refractivity contribution is 7.90. The van der Waals surface area contributed by atoms with Crippen molar-refractivity contribution in [1.82, 2.24) is 4.57 Å². The van der Waals surface area contributed by atoms with Gasteiger partial charge in [-0.1, -0.05) is 39.0 Å². The van der Waals surface area contributed by atoms with E-state index in [2.05, 4.69) is 4.40 Å². The van der Waals surface area contributed by atoms with E-state index in [1.54, 1.807) is 25.1 Å². The van der Waals surface area contributed by atoms with E-state index < -0.39 is 16.0 Å². The van der Waals surface area contributed by atoms with Crippen LogP contribution in [0.15, 0.2) is 39.6 Å². The number of carbonyl (C=O) groups is 1. The van der Waals surface area contributed by atoms with Gasteiger partial charge in [0.1, 0.15) is 6.54 Å². The second-order valence-corrected chi connectivity index (χ2v) is 8.99. The normalized spacial score (nSPS) is 13.2. The van der Waals surface area contributed by atoms with E-state index in [4.69, 9.17) is 5.11 Å². The maximum Gasteiger partial charge on any atom is 0.323 e. The zero-order valence-electron chi connectivity index (χ0n) is 14.0. The van der Waals surface area contributed by atoms with Crippen molar-refractivity contribution in [3.8, 4) is 0 Å². The number of nitrogens with zero attached hydrogens (tertiary/aromatic N) is 2. The van der Waals surface area contributed by atoms with Crippen molar-refractivity contribution in [3.63, 3.8) is 0 Å². The lowest BCUT2D eigenvalue weighted by molar-refractivity contribution is -0.137. The summed E-state index contributed by atoms with van der Waals surface area (Å²) in [6.45, 7) is 7.43. The van der Waals surface area contributed by atoms with Crippen LogP contribution >= 0.6 is 11.3 Å². The van der Waals surface area contributed by atoms with E-state index in [1.165, 1.54) is 28.0 Å². The van der Waals surface area contributed by atoms with Crippen LogP contribution in [-0.4, -0.2) is 24.1 Å². The molecule has 0 radical (unpaired) electrons. The molecule has 0 fully saturated rings. The zero-order valence-corrected chi connectivity index (χ0v) is 15.6. The Morgan fingerprint density at radius 1 is 1.25 bits per heavy atom. The summed E-state index contributed by atoms with van der Waals surface area (Å²) in [5.74, 6) is -1.05. The zero-order chi connectivity index (χ0) is 18.1. The topological polar surface area (TPSA) is 88.7 Å². The molecule has 2 rings (SSSR count). The first kappa shape index (κ1) is 18.4. The Bertz CT molecular complexity index is 917. The van der Waals surface area contributed by atoms with Crippen LogP contribution in [0, 0.1) is 6.92 Å². The predicted molar refractivity (Wildman–Crippen MR) is 92.6 cm³/mol. The summed E-state index contributed by atoms with van der Waals surface area (Å²) < 4.78 is 30.3. The van der Waals surface area contributed by atoms with Crippen molar-refractivity contribution in [3.05, 3.63) is 45.7 Å². The minimum absolute atomic E-state index is 0.0789. The molecule has 0 aliphatic carbocycles. The molecular formula is C16H20N2O4S2. The molecule has 8 heteroatoms. The molecule has 1 aromatic heterocycles. The lowest BCUT2D eigenvalue weighted by atomic mass is 9.93. The number of rotatable bonds is 4. The van der Waals surface area contributed by atoms with Crippen molar-refractivity contribution in [2.24, 2.45) is 4.40 Å². The van der Waals surface area contributed by atoms with E-state index >= 15 is 0 Å². The van der Waals surface area contributed by atoms with Crippen molar-refractivity contribution >= 4 is 27.3 Å². The van der Waals surface area contributed by atoms with Crippen molar-refractivity contribution < 1.29 is 18.3 Å². The molecule has 0 atom stereocenters. The Morgan fingerprint density at radius 2 is 1.83 bits per heavy atom. The first-order valence-corrected chi connectivity index (χ1v) is 9.56. The van der Waals surface area contributed by atoms with Gasteiger partial charge in [-0.15, -0.1) is 15.7 Å². The number of carboxylic acid groups (broad SMARTS) is 1. The van der Waals surface area contributed by atoms with Crippen molar-refractivity contribution in [2.45, 2.75) is 44.6 Å². The number of thiazole rings is 1.